The third kappa shape index (κ3) is 1.97. The second-order valence-electron chi connectivity index (χ2n) is 3.96. The Morgan fingerprint density at radius 1 is 1.35 bits per heavy atom. The predicted molar refractivity (Wildman–Crippen MR) is 68.1 cm³/mol. The molecule has 0 radical (unpaired) electrons. The average Bonchev–Trinajstić information content (AvgIpc) is 2.84. The molecule has 3 aromatic rings. The number of nitrogens with zero attached hydrogens (tertiary/aromatic N) is 4. The summed E-state index contributed by atoms with van der Waals surface area (Å²) < 4.78 is 14.3. The number of halogens is 2. The Balaban J connectivity index is 2.26. The Morgan fingerprint density at radius 2 is 2.15 bits per heavy atom. The van der Waals surface area contributed by atoms with Crippen LogP contribution in [0.5, 0.6) is 0 Å². The summed E-state index contributed by atoms with van der Waals surface area (Å²) in [4.78, 5) is 14.9. The van der Waals surface area contributed by atoms with E-state index in [1.54, 1.807) is 0 Å². The summed E-state index contributed by atoms with van der Waals surface area (Å²) in [6.07, 6.45) is 2.38. The van der Waals surface area contributed by atoms with Crippen LogP contribution in [0.3, 0.4) is 0 Å². The fraction of sp³-hybridized carbons (Fsp3) is 0. The molecule has 0 atom stereocenters. The molecule has 0 unspecified atom stereocenters. The Hall–Kier alpha value is -2.54. The van der Waals surface area contributed by atoms with Gasteiger partial charge in [-0.15, -0.1) is 10.2 Å². The smallest absolute Gasteiger partial charge is 0.337 e. The summed E-state index contributed by atoms with van der Waals surface area (Å²) >= 11 is 5.97. The van der Waals surface area contributed by atoms with Gasteiger partial charge in [0.25, 0.3) is 0 Å². The van der Waals surface area contributed by atoms with Crippen LogP contribution in [-0.4, -0.2) is 30.7 Å². The molecule has 100 valence electrons. The maximum Gasteiger partial charge on any atom is 0.337 e. The van der Waals surface area contributed by atoms with Crippen molar-refractivity contribution in [2.24, 2.45) is 0 Å². The second-order valence-corrected chi connectivity index (χ2v) is 4.37. The van der Waals surface area contributed by atoms with E-state index in [1.807, 2.05) is 0 Å². The highest BCUT2D eigenvalue weighted by Gasteiger charge is 2.15. The Kier molecular flexibility index (Phi) is 2.83. The van der Waals surface area contributed by atoms with Crippen molar-refractivity contribution in [2.45, 2.75) is 0 Å². The Morgan fingerprint density at radius 3 is 2.80 bits per heavy atom. The normalized spacial score (nSPS) is 10.9. The summed E-state index contributed by atoms with van der Waals surface area (Å²) in [7, 11) is 0. The van der Waals surface area contributed by atoms with E-state index in [-0.39, 0.29) is 16.4 Å². The molecule has 0 amide bonds. The van der Waals surface area contributed by atoms with Crippen molar-refractivity contribution in [1.29, 1.82) is 0 Å². The van der Waals surface area contributed by atoms with Crippen LogP contribution in [-0.2, 0) is 0 Å². The molecule has 0 aliphatic carbocycles. The SMILES string of the molecule is O=C(O)c1cc(Cl)c2nnc(-c3ccc(F)cn3)n2c1. The molecular formula is C12H6ClFN4O2. The molecule has 0 aromatic carbocycles. The molecule has 0 bridgehead atoms. The second kappa shape index (κ2) is 4.53. The number of carboxylic acid groups (broad SMARTS) is 1. The monoisotopic (exact) mass is 292 g/mol. The standard InChI is InChI=1S/C12H6ClFN4O2/c13-8-3-6(12(19)20)5-18-10(8)16-17-11(18)9-2-1-7(14)4-15-9/h1-5H,(H,19,20). The lowest BCUT2D eigenvalue weighted by Crippen LogP contribution is -2.01. The lowest BCUT2D eigenvalue weighted by Gasteiger charge is -2.02. The Labute approximate surface area is 116 Å². The highest BCUT2D eigenvalue weighted by Crippen LogP contribution is 2.23. The Bertz CT molecular complexity index is 816. The quantitative estimate of drug-likeness (QED) is 0.784. The van der Waals surface area contributed by atoms with Gasteiger partial charge in [-0.3, -0.25) is 4.40 Å². The van der Waals surface area contributed by atoms with E-state index in [1.165, 1.54) is 28.8 Å². The van der Waals surface area contributed by atoms with E-state index in [4.69, 9.17) is 16.7 Å². The fourth-order valence-corrected chi connectivity index (χ4v) is 2.00. The maximum atomic E-state index is 12.9. The van der Waals surface area contributed by atoms with Gasteiger partial charge >= 0.3 is 5.97 Å². The van der Waals surface area contributed by atoms with Crippen LogP contribution in [0.2, 0.25) is 5.02 Å². The molecule has 3 rings (SSSR count). The van der Waals surface area contributed by atoms with Crippen LogP contribution in [0.4, 0.5) is 4.39 Å². The first-order valence-electron chi connectivity index (χ1n) is 5.46. The predicted octanol–water partition coefficient (Wildman–Crippen LogP) is 2.28. The van der Waals surface area contributed by atoms with Crippen molar-refractivity contribution >= 4 is 23.2 Å². The van der Waals surface area contributed by atoms with E-state index >= 15 is 0 Å². The summed E-state index contributed by atoms with van der Waals surface area (Å²) in [5.41, 5.74) is 0.654. The molecule has 3 heterocycles. The summed E-state index contributed by atoms with van der Waals surface area (Å²) in [5.74, 6) is -1.32. The average molecular weight is 293 g/mol. The molecule has 0 spiro atoms. The first kappa shape index (κ1) is 12.5. The number of hydrogen-bond donors (Lipinski definition) is 1. The maximum absolute atomic E-state index is 12.9. The lowest BCUT2D eigenvalue weighted by atomic mass is 10.3. The summed E-state index contributed by atoms with van der Waals surface area (Å²) in [5, 5.41) is 17.0. The lowest BCUT2D eigenvalue weighted by molar-refractivity contribution is 0.0696. The number of aromatic nitrogens is 4. The van der Waals surface area contributed by atoms with Gasteiger partial charge in [-0.1, -0.05) is 11.6 Å². The van der Waals surface area contributed by atoms with Gasteiger partial charge in [0.15, 0.2) is 11.5 Å². The fourth-order valence-electron chi connectivity index (χ4n) is 1.75. The number of carboxylic acids is 1. The topological polar surface area (TPSA) is 80.4 Å². The first-order chi connectivity index (χ1) is 9.56. The zero-order valence-corrected chi connectivity index (χ0v) is 10.5. The molecule has 1 N–H and O–H groups in total. The molecule has 0 aliphatic heterocycles. The van der Waals surface area contributed by atoms with Gasteiger partial charge < -0.3 is 5.11 Å². The zero-order valence-electron chi connectivity index (χ0n) is 9.79. The van der Waals surface area contributed by atoms with Crippen molar-refractivity contribution in [3.8, 4) is 11.5 Å². The highest BCUT2D eigenvalue weighted by molar-refractivity contribution is 6.33. The van der Waals surface area contributed by atoms with Crippen molar-refractivity contribution in [1.82, 2.24) is 19.6 Å². The zero-order chi connectivity index (χ0) is 14.3. The summed E-state index contributed by atoms with van der Waals surface area (Å²) in [6, 6.07) is 3.94. The molecular weight excluding hydrogens is 287 g/mol. The van der Waals surface area contributed by atoms with E-state index < -0.39 is 11.8 Å². The molecule has 0 saturated heterocycles. The van der Waals surface area contributed by atoms with Gasteiger partial charge in [0.2, 0.25) is 0 Å². The van der Waals surface area contributed by atoms with Crippen LogP contribution in [0.15, 0.2) is 30.6 Å². The van der Waals surface area contributed by atoms with E-state index in [2.05, 4.69) is 15.2 Å². The molecule has 20 heavy (non-hydrogen) atoms. The molecule has 0 fully saturated rings. The van der Waals surface area contributed by atoms with Crippen molar-refractivity contribution in [3.05, 3.63) is 47.0 Å². The van der Waals surface area contributed by atoms with Crippen LogP contribution < -0.4 is 0 Å². The number of pyridine rings is 2. The van der Waals surface area contributed by atoms with Gasteiger partial charge in [-0.2, -0.15) is 0 Å². The molecule has 3 aromatic heterocycles. The van der Waals surface area contributed by atoms with E-state index in [0.717, 1.165) is 6.20 Å². The van der Waals surface area contributed by atoms with Gasteiger partial charge in [0.05, 0.1) is 16.8 Å². The van der Waals surface area contributed by atoms with E-state index in [9.17, 15) is 9.18 Å². The van der Waals surface area contributed by atoms with Crippen molar-refractivity contribution in [3.63, 3.8) is 0 Å². The van der Waals surface area contributed by atoms with Crippen molar-refractivity contribution < 1.29 is 14.3 Å². The van der Waals surface area contributed by atoms with Gasteiger partial charge in [0, 0.05) is 6.20 Å². The minimum absolute atomic E-state index is 0.00865. The molecule has 8 heteroatoms. The third-order valence-electron chi connectivity index (χ3n) is 2.66. The van der Waals surface area contributed by atoms with Crippen LogP contribution in [0.25, 0.3) is 17.2 Å². The number of hydrogen-bond acceptors (Lipinski definition) is 4. The first-order valence-corrected chi connectivity index (χ1v) is 5.83. The highest BCUT2D eigenvalue weighted by atomic mass is 35.5. The van der Waals surface area contributed by atoms with E-state index in [0.29, 0.717) is 11.3 Å². The number of rotatable bonds is 2. The largest absolute Gasteiger partial charge is 0.478 e. The minimum atomic E-state index is -1.12. The van der Waals surface area contributed by atoms with Gasteiger partial charge in [-0.25, -0.2) is 14.2 Å². The molecule has 0 saturated carbocycles. The number of aromatic carboxylic acids is 1. The van der Waals surface area contributed by atoms with Crippen LogP contribution >= 0.6 is 11.6 Å². The van der Waals surface area contributed by atoms with Crippen LogP contribution in [0.1, 0.15) is 10.4 Å². The van der Waals surface area contributed by atoms with Gasteiger partial charge in [-0.05, 0) is 18.2 Å². The van der Waals surface area contributed by atoms with Crippen LogP contribution in [0, 0.1) is 5.82 Å². The third-order valence-corrected chi connectivity index (χ3v) is 2.94. The molecule has 0 aliphatic rings. The molecule has 6 nitrogen and oxygen atoms in total. The summed E-state index contributed by atoms with van der Waals surface area (Å²) in [6.45, 7) is 0. The minimum Gasteiger partial charge on any atom is -0.478 e. The van der Waals surface area contributed by atoms with Gasteiger partial charge in [0.1, 0.15) is 11.5 Å². The number of carbonyl (C=O) groups is 1. The van der Waals surface area contributed by atoms with Crippen molar-refractivity contribution in [2.75, 3.05) is 0 Å². The number of fused-ring (bicyclic) bond motifs is 1.